The molecule has 0 amide bonds. The molecule has 0 saturated heterocycles. The van der Waals surface area contributed by atoms with Crippen molar-refractivity contribution in [1.29, 1.82) is 0 Å². The lowest BCUT2D eigenvalue weighted by Gasteiger charge is -2.29. The Morgan fingerprint density at radius 1 is 0.852 bits per heavy atom. The van der Waals surface area contributed by atoms with Crippen LogP contribution in [0.25, 0.3) is 0 Å². The van der Waals surface area contributed by atoms with Crippen molar-refractivity contribution in [1.82, 2.24) is 0 Å². The number of benzene rings is 1. The van der Waals surface area contributed by atoms with Gasteiger partial charge < -0.3 is 4.74 Å². The highest BCUT2D eigenvalue weighted by Gasteiger charge is 2.22. The normalized spacial score (nSPS) is 20.0. The highest BCUT2D eigenvalue weighted by molar-refractivity contribution is 5.31. The first-order chi connectivity index (χ1) is 13.2. The number of unbranched alkanes of at least 4 members (excludes halogenated alkanes) is 7. The van der Waals surface area contributed by atoms with E-state index in [-0.39, 0.29) is 5.82 Å². The summed E-state index contributed by atoms with van der Waals surface area (Å²) < 4.78 is 20.1. The van der Waals surface area contributed by atoms with Gasteiger partial charge in [0.25, 0.3) is 0 Å². The number of ether oxygens (including phenoxy) is 1. The van der Waals surface area contributed by atoms with E-state index in [0.717, 1.165) is 12.3 Å². The smallest absolute Gasteiger partial charge is 0.165 e. The molecule has 0 aromatic heterocycles. The predicted molar refractivity (Wildman–Crippen MR) is 114 cm³/mol. The van der Waals surface area contributed by atoms with Crippen LogP contribution in [-0.4, -0.2) is 6.61 Å². The molecule has 0 heterocycles. The van der Waals surface area contributed by atoms with Crippen LogP contribution >= 0.6 is 0 Å². The lowest BCUT2D eigenvalue weighted by Crippen LogP contribution is -2.13. The van der Waals surface area contributed by atoms with Crippen molar-refractivity contribution in [2.75, 3.05) is 6.61 Å². The molecule has 0 N–H and O–H groups in total. The van der Waals surface area contributed by atoms with Crippen LogP contribution in [0, 0.1) is 11.7 Å². The molecule has 2 heteroatoms. The summed E-state index contributed by atoms with van der Waals surface area (Å²) in [7, 11) is 0. The van der Waals surface area contributed by atoms with E-state index in [1.54, 1.807) is 6.07 Å². The average molecular weight is 377 g/mol. The van der Waals surface area contributed by atoms with E-state index in [1.165, 1.54) is 89.0 Å². The average Bonchev–Trinajstić information content (AvgIpc) is 2.69. The molecular weight excluding hydrogens is 335 g/mol. The Morgan fingerprint density at radius 3 is 2.22 bits per heavy atom. The van der Waals surface area contributed by atoms with Crippen LogP contribution < -0.4 is 4.74 Å². The molecule has 1 aliphatic rings. The first-order valence-electron chi connectivity index (χ1n) is 11.7. The third-order valence-electron chi connectivity index (χ3n) is 6.25. The highest BCUT2D eigenvalue weighted by atomic mass is 19.1. The summed E-state index contributed by atoms with van der Waals surface area (Å²) in [6.07, 6.45) is 17.9. The third kappa shape index (κ3) is 8.23. The largest absolute Gasteiger partial charge is 0.491 e. The molecule has 1 fully saturated rings. The van der Waals surface area contributed by atoms with Gasteiger partial charge >= 0.3 is 0 Å². The molecule has 1 saturated carbocycles. The second-order valence-corrected chi connectivity index (χ2v) is 8.52. The van der Waals surface area contributed by atoms with Gasteiger partial charge in [-0.1, -0.05) is 77.7 Å². The van der Waals surface area contributed by atoms with E-state index in [1.807, 2.05) is 6.07 Å². The molecule has 1 aromatic rings. The number of hydrogen-bond acceptors (Lipinski definition) is 1. The van der Waals surface area contributed by atoms with Gasteiger partial charge in [0.2, 0.25) is 0 Å². The molecule has 0 atom stereocenters. The molecule has 27 heavy (non-hydrogen) atoms. The molecule has 0 aliphatic heterocycles. The zero-order valence-electron chi connectivity index (χ0n) is 17.8. The van der Waals surface area contributed by atoms with Crippen LogP contribution in [0.5, 0.6) is 5.75 Å². The molecule has 0 bridgehead atoms. The molecular formula is C25H41FO. The van der Waals surface area contributed by atoms with Crippen LogP contribution in [-0.2, 0) is 0 Å². The topological polar surface area (TPSA) is 9.23 Å². The minimum absolute atomic E-state index is 0.177. The quantitative estimate of drug-likeness (QED) is 0.314. The summed E-state index contributed by atoms with van der Waals surface area (Å²) >= 11 is 0. The first-order valence-corrected chi connectivity index (χ1v) is 11.7. The molecule has 1 aromatic carbocycles. The second-order valence-electron chi connectivity index (χ2n) is 8.52. The van der Waals surface area contributed by atoms with E-state index in [9.17, 15) is 4.39 Å². The summed E-state index contributed by atoms with van der Waals surface area (Å²) in [5, 5.41) is 0. The van der Waals surface area contributed by atoms with E-state index < -0.39 is 0 Å². The van der Waals surface area contributed by atoms with Crippen molar-refractivity contribution in [3.8, 4) is 5.75 Å². The van der Waals surface area contributed by atoms with Crippen LogP contribution in [0.15, 0.2) is 18.2 Å². The Hall–Kier alpha value is -1.05. The fourth-order valence-electron chi connectivity index (χ4n) is 4.42. The predicted octanol–water partition coefficient (Wildman–Crippen LogP) is 8.42. The lowest BCUT2D eigenvalue weighted by molar-refractivity contribution is 0.287. The molecule has 154 valence electrons. The highest BCUT2D eigenvalue weighted by Crippen LogP contribution is 2.38. The fourth-order valence-corrected chi connectivity index (χ4v) is 4.42. The number of halogens is 1. The van der Waals surface area contributed by atoms with Gasteiger partial charge in [0, 0.05) is 0 Å². The molecule has 1 aliphatic carbocycles. The molecule has 0 unspecified atom stereocenters. The summed E-state index contributed by atoms with van der Waals surface area (Å²) in [6.45, 7) is 5.13. The van der Waals surface area contributed by atoms with Crippen LogP contribution in [0.4, 0.5) is 4.39 Å². The summed E-state index contributed by atoms with van der Waals surface area (Å²) in [5.41, 5.74) is 1.17. The van der Waals surface area contributed by atoms with Gasteiger partial charge in [0.15, 0.2) is 11.6 Å². The summed E-state index contributed by atoms with van der Waals surface area (Å²) in [6, 6.07) is 5.69. The van der Waals surface area contributed by atoms with Crippen molar-refractivity contribution in [3.05, 3.63) is 29.6 Å². The minimum atomic E-state index is -0.177. The van der Waals surface area contributed by atoms with Crippen molar-refractivity contribution >= 4 is 0 Å². The van der Waals surface area contributed by atoms with Gasteiger partial charge in [-0.25, -0.2) is 4.39 Å². The monoisotopic (exact) mass is 376 g/mol. The zero-order valence-corrected chi connectivity index (χ0v) is 17.8. The maximum atomic E-state index is 14.4. The van der Waals surface area contributed by atoms with Crippen molar-refractivity contribution in [2.45, 2.75) is 110 Å². The van der Waals surface area contributed by atoms with Gasteiger partial charge in [-0.05, 0) is 61.6 Å². The molecule has 1 nitrogen and oxygen atoms in total. The van der Waals surface area contributed by atoms with Gasteiger partial charge in [-0.15, -0.1) is 0 Å². The molecule has 0 radical (unpaired) electrons. The lowest BCUT2D eigenvalue weighted by atomic mass is 9.77. The van der Waals surface area contributed by atoms with Gasteiger partial charge in [0.05, 0.1) is 6.61 Å². The van der Waals surface area contributed by atoms with Crippen LogP contribution in [0.1, 0.15) is 115 Å². The summed E-state index contributed by atoms with van der Waals surface area (Å²) in [4.78, 5) is 0. The minimum Gasteiger partial charge on any atom is -0.491 e. The Morgan fingerprint density at radius 2 is 1.52 bits per heavy atom. The molecule has 0 spiro atoms. The fraction of sp³-hybridized carbons (Fsp3) is 0.760. The van der Waals surface area contributed by atoms with Crippen LogP contribution in [0.3, 0.4) is 0 Å². The zero-order chi connectivity index (χ0) is 19.3. The Kier molecular flexibility index (Phi) is 10.9. The Labute approximate surface area is 167 Å². The maximum Gasteiger partial charge on any atom is 0.165 e. The molecule has 2 rings (SSSR count). The van der Waals surface area contributed by atoms with Crippen molar-refractivity contribution < 1.29 is 9.13 Å². The maximum absolute atomic E-state index is 14.4. The SMILES string of the molecule is CCCCCCCCOc1ccc([C@H]2CC[C@H](CCCCC)CC2)cc1F. The Bertz CT molecular complexity index is 505. The third-order valence-corrected chi connectivity index (χ3v) is 6.25. The Balaban J connectivity index is 1.70. The van der Waals surface area contributed by atoms with E-state index in [2.05, 4.69) is 19.9 Å². The van der Waals surface area contributed by atoms with Crippen molar-refractivity contribution in [2.24, 2.45) is 5.92 Å². The van der Waals surface area contributed by atoms with Crippen LogP contribution in [0.2, 0.25) is 0 Å². The van der Waals surface area contributed by atoms with Gasteiger partial charge in [0.1, 0.15) is 0 Å². The van der Waals surface area contributed by atoms with Crippen molar-refractivity contribution in [3.63, 3.8) is 0 Å². The summed E-state index contributed by atoms with van der Waals surface area (Å²) in [5.74, 6) is 1.69. The van der Waals surface area contributed by atoms with E-state index in [0.29, 0.717) is 18.3 Å². The number of hydrogen-bond donors (Lipinski definition) is 0. The van der Waals surface area contributed by atoms with E-state index in [4.69, 9.17) is 4.74 Å². The van der Waals surface area contributed by atoms with E-state index >= 15 is 0 Å². The first kappa shape index (κ1) is 22.2. The number of rotatable bonds is 13. The van der Waals surface area contributed by atoms with Gasteiger partial charge in [-0.3, -0.25) is 0 Å². The van der Waals surface area contributed by atoms with Gasteiger partial charge in [-0.2, -0.15) is 0 Å². The standard InChI is InChI=1S/C25H41FO/c1-3-5-7-8-9-11-19-27-25-18-17-23(20-24(25)26)22-15-13-21(14-16-22)12-10-6-4-2/h17-18,20-22H,3-16,19H2,1-2H3/t21-,22-. The second kappa shape index (κ2) is 13.2.